The Hall–Kier alpha value is -4.08. The number of fused-ring (bicyclic) bond motifs is 2. The molecule has 0 N–H and O–H groups in total. The fraction of sp³-hybridized carbons (Fsp3) is 0.179. The maximum Gasteiger partial charge on any atom is 0.338 e. The van der Waals surface area contributed by atoms with Crippen LogP contribution in [0.2, 0.25) is 5.02 Å². The van der Waals surface area contributed by atoms with Gasteiger partial charge in [0.15, 0.2) is 16.3 Å². The van der Waals surface area contributed by atoms with Gasteiger partial charge in [-0.05, 0) is 55.8 Å². The molecule has 38 heavy (non-hydrogen) atoms. The molecule has 2 aromatic carbocycles. The number of aromatic nitrogens is 1. The van der Waals surface area contributed by atoms with Gasteiger partial charge in [-0.15, -0.1) is 0 Å². The van der Waals surface area contributed by atoms with Crippen LogP contribution in [0.25, 0.3) is 17.4 Å². The van der Waals surface area contributed by atoms with E-state index >= 15 is 0 Å². The Morgan fingerprint density at radius 2 is 2.03 bits per heavy atom. The minimum Gasteiger partial charge on any atom is -0.463 e. The molecule has 0 spiro atoms. The molecule has 10 heteroatoms. The maximum atomic E-state index is 13.8. The van der Waals surface area contributed by atoms with Gasteiger partial charge in [0, 0.05) is 16.7 Å². The van der Waals surface area contributed by atoms with Crippen LogP contribution in [0.15, 0.2) is 80.1 Å². The standard InChI is InChI=1S/C28H21ClN2O6S/c1-3-34-27(33)24-15(2)30-28-31(25(24)17-7-9-21-22(12-17)36-14-35-21)26(32)23(38-28)13-19-8-10-20(37-19)16-5-4-6-18(29)11-16/h4-13,25H,3,14H2,1-2H3/b23-13+. The Balaban J connectivity index is 1.48. The van der Waals surface area contributed by atoms with Crippen molar-refractivity contribution in [2.45, 2.75) is 19.9 Å². The lowest BCUT2D eigenvalue weighted by molar-refractivity contribution is -0.139. The summed E-state index contributed by atoms with van der Waals surface area (Å²) in [6, 6.07) is 15.6. The molecule has 0 aliphatic carbocycles. The van der Waals surface area contributed by atoms with E-state index in [0.29, 0.717) is 54.2 Å². The molecule has 2 aliphatic heterocycles. The lowest BCUT2D eigenvalue weighted by atomic mass is 9.95. The number of hydrogen-bond donors (Lipinski definition) is 0. The highest BCUT2D eigenvalue weighted by Gasteiger charge is 2.34. The zero-order chi connectivity index (χ0) is 26.4. The van der Waals surface area contributed by atoms with Crippen LogP contribution in [0.4, 0.5) is 0 Å². The maximum absolute atomic E-state index is 13.8. The van der Waals surface area contributed by atoms with Gasteiger partial charge in [0.25, 0.3) is 5.56 Å². The van der Waals surface area contributed by atoms with E-state index in [1.165, 1.54) is 15.9 Å². The van der Waals surface area contributed by atoms with Gasteiger partial charge in [0.05, 0.1) is 28.5 Å². The first kappa shape index (κ1) is 24.3. The van der Waals surface area contributed by atoms with E-state index < -0.39 is 12.0 Å². The lowest BCUT2D eigenvalue weighted by Crippen LogP contribution is -2.39. The molecule has 1 unspecified atom stereocenters. The number of hydrogen-bond acceptors (Lipinski definition) is 8. The molecule has 0 radical (unpaired) electrons. The molecule has 0 saturated carbocycles. The molecule has 1 atom stereocenters. The highest BCUT2D eigenvalue weighted by molar-refractivity contribution is 7.07. The monoisotopic (exact) mass is 548 g/mol. The number of halogens is 1. The van der Waals surface area contributed by atoms with E-state index in [0.717, 1.165) is 5.56 Å². The van der Waals surface area contributed by atoms with Crippen LogP contribution in [0.5, 0.6) is 11.5 Å². The van der Waals surface area contributed by atoms with Crippen molar-refractivity contribution >= 4 is 35.0 Å². The zero-order valence-corrected chi connectivity index (χ0v) is 22.0. The van der Waals surface area contributed by atoms with Gasteiger partial charge < -0.3 is 18.6 Å². The fourth-order valence-electron chi connectivity index (χ4n) is 4.55. The number of furan rings is 1. The smallest absolute Gasteiger partial charge is 0.338 e. The molecule has 0 bridgehead atoms. The minimum absolute atomic E-state index is 0.113. The summed E-state index contributed by atoms with van der Waals surface area (Å²) in [7, 11) is 0. The predicted molar refractivity (Wildman–Crippen MR) is 142 cm³/mol. The predicted octanol–water partition coefficient (Wildman–Crippen LogP) is 4.44. The van der Waals surface area contributed by atoms with Gasteiger partial charge in [-0.1, -0.05) is 41.1 Å². The summed E-state index contributed by atoms with van der Waals surface area (Å²) in [6.07, 6.45) is 1.68. The summed E-state index contributed by atoms with van der Waals surface area (Å²) in [5, 5.41) is 0.602. The highest BCUT2D eigenvalue weighted by Crippen LogP contribution is 2.38. The van der Waals surface area contributed by atoms with Crippen molar-refractivity contribution in [2.75, 3.05) is 13.4 Å². The van der Waals surface area contributed by atoms with Crippen molar-refractivity contribution < 1.29 is 23.4 Å². The number of carbonyl (C=O) groups is 1. The first-order valence-electron chi connectivity index (χ1n) is 11.9. The minimum atomic E-state index is -0.749. The number of esters is 1. The summed E-state index contributed by atoms with van der Waals surface area (Å²) in [4.78, 5) is 31.9. The van der Waals surface area contributed by atoms with Crippen molar-refractivity contribution in [3.05, 3.63) is 102 Å². The van der Waals surface area contributed by atoms with Gasteiger partial charge >= 0.3 is 5.97 Å². The number of thiazole rings is 1. The second-order valence-corrected chi connectivity index (χ2v) is 10.1. The number of benzene rings is 2. The van der Waals surface area contributed by atoms with Crippen LogP contribution in [0, 0.1) is 0 Å². The van der Waals surface area contributed by atoms with E-state index in [9.17, 15) is 9.59 Å². The van der Waals surface area contributed by atoms with Gasteiger partial charge in [0.1, 0.15) is 11.5 Å². The largest absolute Gasteiger partial charge is 0.463 e. The van der Waals surface area contributed by atoms with E-state index in [1.54, 1.807) is 44.2 Å². The number of ether oxygens (including phenoxy) is 3. The Bertz CT molecular complexity index is 1800. The molecule has 4 heterocycles. The molecule has 192 valence electrons. The molecule has 4 aromatic rings. The van der Waals surface area contributed by atoms with E-state index in [-0.39, 0.29) is 19.0 Å². The quantitative estimate of drug-likeness (QED) is 0.342. The fourth-order valence-corrected chi connectivity index (χ4v) is 5.76. The SMILES string of the molecule is CCOC(=O)C1=C(C)N=c2s/c(=C/c3ccc(-c4cccc(Cl)c4)o3)c(=O)n2C1c1ccc2c(c1)OCO2. The second-order valence-electron chi connectivity index (χ2n) is 8.63. The van der Waals surface area contributed by atoms with Gasteiger partial charge in [-0.2, -0.15) is 0 Å². The van der Waals surface area contributed by atoms with Gasteiger partial charge in [-0.25, -0.2) is 9.79 Å². The molecule has 8 nitrogen and oxygen atoms in total. The van der Waals surface area contributed by atoms with Gasteiger partial charge in [0.2, 0.25) is 6.79 Å². The van der Waals surface area contributed by atoms with Crippen LogP contribution in [-0.4, -0.2) is 23.9 Å². The van der Waals surface area contributed by atoms with Crippen LogP contribution in [-0.2, 0) is 9.53 Å². The van der Waals surface area contributed by atoms with Crippen molar-refractivity contribution in [3.63, 3.8) is 0 Å². The van der Waals surface area contributed by atoms with Crippen LogP contribution < -0.4 is 24.4 Å². The molecular weight excluding hydrogens is 528 g/mol. The highest BCUT2D eigenvalue weighted by atomic mass is 35.5. The normalized spacial score (nSPS) is 16.4. The van der Waals surface area contributed by atoms with E-state index in [1.807, 2.05) is 30.3 Å². The van der Waals surface area contributed by atoms with Gasteiger partial charge in [-0.3, -0.25) is 9.36 Å². The Labute approximate surface area is 225 Å². The summed E-state index contributed by atoms with van der Waals surface area (Å²) in [5.74, 6) is 1.76. The second kappa shape index (κ2) is 9.66. The topological polar surface area (TPSA) is 92.3 Å². The van der Waals surface area contributed by atoms with Crippen molar-refractivity contribution in [1.82, 2.24) is 4.57 Å². The summed E-state index contributed by atoms with van der Waals surface area (Å²) in [6.45, 7) is 3.79. The number of carbonyl (C=O) groups excluding carboxylic acids is 1. The third-order valence-electron chi connectivity index (χ3n) is 6.24. The lowest BCUT2D eigenvalue weighted by Gasteiger charge is -2.24. The Morgan fingerprint density at radius 3 is 2.84 bits per heavy atom. The van der Waals surface area contributed by atoms with Crippen LogP contribution >= 0.6 is 22.9 Å². The van der Waals surface area contributed by atoms with Crippen LogP contribution in [0.3, 0.4) is 0 Å². The molecule has 0 saturated heterocycles. The average molecular weight is 549 g/mol. The number of nitrogens with zero attached hydrogens (tertiary/aromatic N) is 2. The van der Waals surface area contributed by atoms with Crippen molar-refractivity contribution in [3.8, 4) is 22.8 Å². The number of allylic oxidation sites excluding steroid dienone is 1. The first-order chi connectivity index (χ1) is 18.4. The molecule has 6 rings (SSSR count). The first-order valence-corrected chi connectivity index (χ1v) is 13.1. The molecular formula is C28H21ClN2O6S. The molecule has 2 aliphatic rings. The molecule has 0 amide bonds. The Kier molecular flexibility index (Phi) is 6.17. The summed E-state index contributed by atoms with van der Waals surface area (Å²) in [5.41, 5.74) is 1.99. The van der Waals surface area contributed by atoms with Crippen molar-refractivity contribution in [1.29, 1.82) is 0 Å². The van der Waals surface area contributed by atoms with Crippen LogP contribution in [0.1, 0.15) is 31.2 Å². The average Bonchev–Trinajstić information content (AvgIpc) is 3.63. The zero-order valence-electron chi connectivity index (χ0n) is 20.4. The van der Waals surface area contributed by atoms with E-state index in [2.05, 4.69) is 4.99 Å². The summed E-state index contributed by atoms with van der Waals surface area (Å²) < 4.78 is 24.3. The Morgan fingerprint density at radius 1 is 1.18 bits per heavy atom. The van der Waals surface area contributed by atoms with E-state index in [4.69, 9.17) is 30.2 Å². The van der Waals surface area contributed by atoms with Crippen molar-refractivity contribution in [2.24, 2.45) is 4.99 Å². The molecule has 2 aromatic heterocycles. The summed E-state index contributed by atoms with van der Waals surface area (Å²) >= 11 is 7.34. The number of rotatable bonds is 5. The third kappa shape index (κ3) is 4.23. The molecule has 0 fully saturated rings. The third-order valence-corrected chi connectivity index (χ3v) is 7.46.